The number of hydroxylamine groups is 1. The Kier molecular flexibility index (Phi) is 6.73. The molecule has 10 heteroatoms. The van der Waals surface area contributed by atoms with Crippen molar-refractivity contribution in [3.63, 3.8) is 0 Å². The van der Waals surface area contributed by atoms with Crippen molar-refractivity contribution < 1.29 is 4.84 Å². The molecule has 2 rings (SSSR count). The maximum Gasteiger partial charge on any atom is 0.332 e. The van der Waals surface area contributed by atoms with Crippen molar-refractivity contribution in [2.75, 3.05) is 44.8 Å². The van der Waals surface area contributed by atoms with Crippen LogP contribution < -0.4 is 22.0 Å². The lowest BCUT2D eigenvalue weighted by Crippen LogP contribution is -2.42. The highest BCUT2D eigenvalue weighted by Crippen LogP contribution is 2.21. The van der Waals surface area contributed by atoms with Gasteiger partial charge in [-0.2, -0.15) is 0 Å². The van der Waals surface area contributed by atoms with E-state index in [0.717, 1.165) is 30.7 Å². The smallest absolute Gasteiger partial charge is 0.313 e. The summed E-state index contributed by atoms with van der Waals surface area (Å²) in [6.07, 6.45) is 1.38. The Balaban J connectivity index is 1.83. The topological polar surface area (TPSA) is 96.1 Å². The van der Waals surface area contributed by atoms with E-state index in [1.165, 1.54) is 23.1 Å². The minimum absolute atomic E-state index is 0.182. The first-order valence-corrected chi connectivity index (χ1v) is 8.45. The third-order valence-electron chi connectivity index (χ3n) is 4.16. The lowest BCUT2D eigenvalue weighted by molar-refractivity contribution is -0.0747. The van der Waals surface area contributed by atoms with Gasteiger partial charge in [0.15, 0.2) is 11.5 Å². The first-order valence-electron chi connectivity index (χ1n) is 8.45. The molecule has 1 aliphatic heterocycles. The van der Waals surface area contributed by atoms with Crippen molar-refractivity contribution in [2.45, 2.75) is 13.8 Å². The fraction of sp³-hybridized carbons (Fsp3) is 0.667. The van der Waals surface area contributed by atoms with Gasteiger partial charge in [0.25, 0.3) is 5.56 Å². The summed E-state index contributed by atoms with van der Waals surface area (Å²) in [5, 5.41) is 4.61. The SMILES string of the molecule is CCN(CC)CCNCCON1C=Nc2c(n(C)c(=O)n(C)c2=O)N1. The number of aliphatic imine (C=N–C) groups is 1. The van der Waals surface area contributed by atoms with E-state index in [2.05, 4.69) is 34.5 Å². The Hall–Kier alpha value is -2.17. The van der Waals surface area contributed by atoms with Crippen molar-refractivity contribution in [1.29, 1.82) is 0 Å². The molecule has 0 saturated carbocycles. The molecule has 2 heterocycles. The summed E-state index contributed by atoms with van der Waals surface area (Å²) in [6.45, 7) is 9.36. The molecule has 1 aromatic heterocycles. The first-order chi connectivity index (χ1) is 12.0. The molecule has 0 amide bonds. The van der Waals surface area contributed by atoms with Crippen molar-refractivity contribution in [2.24, 2.45) is 19.1 Å². The number of anilines is 1. The standard InChI is InChI=1S/C15H27N7O3/c1-5-21(6-2)9-7-16-8-10-25-22-11-17-12-13(18-22)19(3)15(24)20(4)14(12)23/h11,16,18H,5-10H2,1-4H3. The van der Waals surface area contributed by atoms with Gasteiger partial charge in [0, 0.05) is 33.7 Å². The zero-order chi connectivity index (χ0) is 18.4. The van der Waals surface area contributed by atoms with Crippen LogP contribution in [0.25, 0.3) is 0 Å². The quantitative estimate of drug-likeness (QED) is 0.564. The van der Waals surface area contributed by atoms with Crippen molar-refractivity contribution in [3.8, 4) is 0 Å². The second kappa shape index (κ2) is 8.79. The molecule has 0 spiro atoms. The molecule has 0 bridgehead atoms. The van der Waals surface area contributed by atoms with Gasteiger partial charge < -0.3 is 10.2 Å². The van der Waals surface area contributed by atoms with Crippen LogP contribution in [0.2, 0.25) is 0 Å². The van der Waals surface area contributed by atoms with Gasteiger partial charge in [0.05, 0.1) is 6.61 Å². The van der Waals surface area contributed by atoms with E-state index in [9.17, 15) is 9.59 Å². The largest absolute Gasteiger partial charge is 0.332 e. The number of hydrazine groups is 1. The average molecular weight is 353 g/mol. The molecule has 0 fully saturated rings. The first kappa shape index (κ1) is 19.2. The minimum atomic E-state index is -0.445. The number of nitrogens with one attached hydrogen (secondary N) is 2. The molecule has 0 aliphatic carbocycles. The number of rotatable bonds is 9. The predicted molar refractivity (Wildman–Crippen MR) is 97.1 cm³/mol. The van der Waals surface area contributed by atoms with Crippen molar-refractivity contribution in [1.82, 2.24) is 24.5 Å². The molecule has 0 saturated heterocycles. The molecule has 140 valence electrons. The van der Waals surface area contributed by atoms with Gasteiger partial charge in [-0.3, -0.25) is 24.2 Å². The summed E-state index contributed by atoms with van der Waals surface area (Å²) in [6, 6.07) is 0. The lowest BCUT2D eigenvalue weighted by atomic mass is 10.4. The van der Waals surface area contributed by atoms with E-state index in [1.807, 2.05) is 0 Å². The molecule has 0 atom stereocenters. The highest BCUT2D eigenvalue weighted by atomic mass is 16.7. The maximum absolute atomic E-state index is 12.1. The number of nitrogens with zero attached hydrogens (tertiary/aromatic N) is 5. The zero-order valence-corrected chi connectivity index (χ0v) is 15.3. The van der Waals surface area contributed by atoms with Crippen LogP contribution in [-0.2, 0) is 18.9 Å². The molecule has 0 unspecified atom stereocenters. The fourth-order valence-corrected chi connectivity index (χ4v) is 2.50. The van der Waals surface area contributed by atoms with Gasteiger partial charge in [-0.15, -0.1) is 5.17 Å². The number of hydrogen-bond donors (Lipinski definition) is 2. The van der Waals surface area contributed by atoms with Crippen LogP contribution in [0.4, 0.5) is 11.5 Å². The Bertz CT molecular complexity index is 721. The highest BCUT2D eigenvalue weighted by molar-refractivity contribution is 5.73. The van der Waals surface area contributed by atoms with E-state index < -0.39 is 11.2 Å². The molecule has 25 heavy (non-hydrogen) atoms. The van der Waals surface area contributed by atoms with E-state index in [-0.39, 0.29) is 5.69 Å². The average Bonchev–Trinajstić information content (AvgIpc) is 2.64. The normalized spacial score (nSPS) is 13.2. The van der Waals surface area contributed by atoms with Gasteiger partial charge in [-0.05, 0) is 13.1 Å². The second-order valence-electron chi connectivity index (χ2n) is 5.70. The monoisotopic (exact) mass is 353 g/mol. The molecule has 10 nitrogen and oxygen atoms in total. The summed E-state index contributed by atoms with van der Waals surface area (Å²) < 4.78 is 2.35. The predicted octanol–water partition coefficient (Wildman–Crippen LogP) is -0.751. The fourth-order valence-electron chi connectivity index (χ4n) is 2.50. The van der Waals surface area contributed by atoms with Crippen LogP contribution >= 0.6 is 0 Å². The summed E-state index contributed by atoms with van der Waals surface area (Å²) >= 11 is 0. The van der Waals surface area contributed by atoms with Gasteiger partial charge in [-0.25, -0.2) is 9.79 Å². The van der Waals surface area contributed by atoms with E-state index in [4.69, 9.17) is 4.84 Å². The molecule has 0 radical (unpaired) electrons. The molecule has 0 aromatic carbocycles. The molecular weight excluding hydrogens is 326 g/mol. The Morgan fingerprint density at radius 3 is 2.60 bits per heavy atom. The van der Waals surface area contributed by atoms with Crippen molar-refractivity contribution >= 4 is 17.8 Å². The maximum atomic E-state index is 12.1. The van der Waals surface area contributed by atoms with Gasteiger partial charge >= 0.3 is 5.69 Å². The summed E-state index contributed by atoms with van der Waals surface area (Å²) in [7, 11) is 2.99. The number of hydrogen-bond acceptors (Lipinski definition) is 8. The summed E-state index contributed by atoms with van der Waals surface area (Å²) in [5.74, 6) is 0.310. The number of likely N-dealkylation sites (N-methyl/N-ethyl adjacent to an activating group) is 1. The lowest BCUT2D eigenvalue weighted by Gasteiger charge is -2.26. The van der Waals surface area contributed by atoms with Crippen LogP contribution in [0.5, 0.6) is 0 Å². The highest BCUT2D eigenvalue weighted by Gasteiger charge is 2.20. The number of aromatic nitrogens is 2. The third kappa shape index (κ3) is 4.47. The summed E-state index contributed by atoms with van der Waals surface area (Å²) in [4.78, 5) is 36.0. The summed E-state index contributed by atoms with van der Waals surface area (Å²) in [5.41, 5.74) is 2.19. The Morgan fingerprint density at radius 1 is 1.20 bits per heavy atom. The van der Waals surface area contributed by atoms with E-state index >= 15 is 0 Å². The van der Waals surface area contributed by atoms with Crippen LogP contribution in [-0.4, -0.2) is 64.9 Å². The third-order valence-corrected chi connectivity index (χ3v) is 4.16. The molecule has 1 aliphatic rings. The van der Waals surface area contributed by atoms with Gasteiger partial charge in [0.2, 0.25) is 0 Å². The Labute approximate surface area is 146 Å². The van der Waals surface area contributed by atoms with Crippen LogP contribution in [0.3, 0.4) is 0 Å². The molecule has 1 aromatic rings. The van der Waals surface area contributed by atoms with Crippen LogP contribution in [0, 0.1) is 0 Å². The Morgan fingerprint density at radius 2 is 1.92 bits per heavy atom. The van der Waals surface area contributed by atoms with Gasteiger partial charge in [-0.1, -0.05) is 13.8 Å². The van der Waals surface area contributed by atoms with E-state index in [0.29, 0.717) is 19.0 Å². The second-order valence-corrected chi connectivity index (χ2v) is 5.70. The number of fused-ring (bicyclic) bond motifs is 1. The molecular formula is C15H27N7O3. The van der Waals surface area contributed by atoms with Crippen LogP contribution in [0.1, 0.15) is 13.8 Å². The van der Waals surface area contributed by atoms with E-state index in [1.54, 1.807) is 7.05 Å². The van der Waals surface area contributed by atoms with Crippen molar-refractivity contribution in [3.05, 3.63) is 20.8 Å². The zero-order valence-electron chi connectivity index (χ0n) is 15.3. The molecule has 2 N–H and O–H groups in total. The van der Waals surface area contributed by atoms with Gasteiger partial charge in [0.1, 0.15) is 6.34 Å². The minimum Gasteiger partial charge on any atom is -0.313 e. The van der Waals surface area contributed by atoms with Crippen LogP contribution in [0.15, 0.2) is 14.6 Å².